The summed E-state index contributed by atoms with van der Waals surface area (Å²) in [6, 6.07) is 15.4. The average Bonchev–Trinajstić information content (AvgIpc) is 2.77. The minimum atomic E-state index is -1.20. The van der Waals surface area contributed by atoms with Gasteiger partial charge in [-0.25, -0.2) is 14.6 Å². The zero-order chi connectivity index (χ0) is 22.8. The maximum Gasteiger partial charge on any atom is 0.336 e. The summed E-state index contributed by atoms with van der Waals surface area (Å²) >= 11 is 0. The first kappa shape index (κ1) is 21.1. The predicted octanol–water partition coefficient (Wildman–Crippen LogP) is 3.03. The van der Waals surface area contributed by atoms with Gasteiger partial charge in [0.2, 0.25) is 5.36 Å². The minimum absolute atomic E-state index is 0.0785. The molecule has 0 unspecified atom stereocenters. The quantitative estimate of drug-likeness (QED) is 0.349. The number of hydrogen-bond donors (Lipinski definition) is 4. The highest BCUT2D eigenvalue weighted by atomic mass is 16.4. The van der Waals surface area contributed by atoms with E-state index in [-0.39, 0.29) is 16.7 Å². The molecule has 0 spiro atoms. The summed E-state index contributed by atoms with van der Waals surface area (Å²) in [4.78, 5) is 27.4. The van der Waals surface area contributed by atoms with Gasteiger partial charge in [0, 0.05) is 46.4 Å². The molecule has 1 aliphatic carbocycles. The maximum atomic E-state index is 12.1. The highest BCUT2D eigenvalue weighted by Gasteiger charge is 2.26. The van der Waals surface area contributed by atoms with Crippen LogP contribution in [0.4, 0.5) is 5.69 Å². The topological polar surface area (TPSA) is 114 Å². The van der Waals surface area contributed by atoms with E-state index in [1.165, 1.54) is 18.2 Å². The lowest BCUT2D eigenvalue weighted by Crippen LogP contribution is -2.75. The Bertz CT molecular complexity index is 1350. The number of benzene rings is 3. The molecule has 0 saturated carbocycles. The Morgan fingerprint density at radius 1 is 0.938 bits per heavy atom. The van der Waals surface area contributed by atoms with Crippen LogP contribution in [0.15, 0.2) is 59.0 Å². The lowest BCUT2D eigenvalue weighted by atomic mass is 9.87. The number of fused-ring (bicyclic) bond motifs is 2. The van der Waals surface area contributed by atoms with E-state index in [9.17, 15) is 19.8 Å². The summed E-state index contributed by atoms with van der Waals surface area (Å²) < 4.78 is 6.21. The molecule has 0 aromatic heterocycles. The van der Waals surface area contributed by atoms with Gasteiger partial charge in [-0.2, -0.15) is 0 Å². The Morgan fingerprint density at radius 3 is 2.28 bits per heavy atom. The van der Waals surface area contributed by atoms with E-state index in [2.05, 4.69) is 10.3 Å². The smallest absolute Gasteiger partial charge is 0.336 e. The molecule has 7 heteroatoms. The van der Waals surface area contributed by atoms with Crippen molar-refractivity contribution >= 4 is 28.6 Å². The van der Waals surface area contributed by atoms with Gasteiger partial charge in [0.05, 0.1) is 17.2 Å². The molecule has 2 aromatic rings. The van der Waals surface area contributed by atoms with Crippen molar-refractivity contribution in [1.82, 2.24) is 0 Å². The summed E-state index contributed by atoms with van der Waals surface area (Å²) in [6.45, 7) is 5.42. The van der Waals surface area contributed by atoms with Crippen LogP contribution >= 0.6 is 0 Å². The predicted molar refractivity (Wildman–Crippen MR) is 121 cm³/mol. The summed E-state index contributed by atoms with van der Waals surface area (Å²) in [5.41, 5.74) is 2.52. The first-order valence-corrected chi connectivity index (χ1v) is 10.4. The van der Waals surface area contributed by atoms with Crippen LogP contribution in [-0.2, 0) is 0 Å². The molecule has 0 radical (unpaired) electrons. The molecular formula is C25H23N2O5+. The largest absolute Gasteiger partial charge is 0.478 e. The van der Waals surface area contributed by atoms with Gasteiger partial charge in [-0.1, -0.05) is 6.07 Å². The molecule has 2 aromatic carbocycles. The Balaban J connectivity index is 2.20. The van der Waals surface area contributed by atoms with Crippen LogP contribution < -0.4 is 15.7 Å². The van der Waals surface area contributed by atoms with E-state index < -0.39 is 11.9 Å². The fourth-order valence-corrected chi connectivity index (χ4v) is 3.97. The fraction of sp³-hybridized carbons (Fsp3) is 0.160. The summed E-state index contributed by atoms with van der Waals surface area (Å²) in [5.74, 6) is -1.87. The summed E-state index contributed by atoms with van der Waals surface area (Å²) in [5, 5.41) is 24.5. The van der Waals surface area contributed by atoms with E-state index in [1.807, 2.05) is 50.2 Å². The number of anilines is 1. The van der Waals surface area contributed by atoms with Gasteiger partial charge < -0.3 is 19.9 Å². The van der Waals surface area contributed by atoms with Crippen LogP contribution in [0.1, 0.15) is 34.6 Å². The van der Waals surface area contributed by atoms with E-state index in [0.29, 0.717) is 27.9 Å². The third-order valence-corrected chi connectivity index (χ3v) is 5.26. The van der Waals surface area contributed by atoms with E-state index in [0.717, 1.165) is 24.1 Å². The molecule has 0 bridgehead atoms. The monoisotopic (exact) mass is 431 g/mol. The molecule has 0 amide bonds. The van der Waals surface area contributed by atoms with Gasteiger partial charge in [0.1, 0.15) is 17.9 Å². The van der Waals surface area contributed by atoms with Crippen molar-refractivity contribution in [2.75, 3.05) is 18.4 Å². The van der Waals surface area contributed by atoms with Gasteiger partial charge in [-0.15, -0.1) is 0 Å². The number of carboxylic acid groups (broad SMARTS) is 2. The lowest BCUT2D eigenvalue weighted by molar-refractivity contribution is -0.496. The molecule has 2 aliphatic rings. The van der Waals surface area contributed by atoms with Crippen LogP contribution in [0.25, 0.3) is 33.4 Å². The standard InChI is InChI=1S/C25H22N2O5/c1-3-26-14-8-10-16-20(12-14)32-21-13-15(27-4-2)9-11-17(21)22(16)23-18(24(28)29)6-5-7-19(23)25(30)31/h5-13,26H,3-4H2,1-2H3,(H,28,29)(H,30,31)/p+1. The van der Waals surface area contributed by atoms with Gasteiger partial charge in [0.15, 0.2) is 0 Å². The highest BCUT2D eigenvalue weighted by molar-refractivity contribution is 6.13. The van der Waals surface area contributed by atoms with Crippen molar-refractivity contribution in [2.45, 2.75) is 13.8 Å². The zero-order valence-electron chi connectivity index (χ0n) is 17.7. The molecule has 1 aliphatic heterocycles. The van der Waals surface area contributed by atoms with E-state index >= 15 is 0 Å². The molecule has 7 nitrogen and oxygen atoms in total. The molecule has 1 heterocycles. The number of hydrogen-bond acceptors (Lipinski definition) is 4. The molecule has 4 rings (SSSR count). The SMILES string of the molecule is CCNc1ccc2c(-c3c(C(=O)O)cccc3C(=O)O)c3ccc(=[NH+]CC)cc-3oc2c1. The van der Waals surface area contributed by atoms with Crippen LogP contribution in [0, 0.1) is 0 Å². The van der Waals surface area contributed by atoms with Crippen molar-refractivity contribution in [3.8, 4) is 22.5 Å². The Kier molecular flexibility index (Phi) is 5.64. The summed E-state index contributed by atoms with van der Waals surface area (Å²) in [7, 11) is 0. The normalized spacial score (nSPS) is 11.8. The van der Waals surface area contributed by atoms with Gasteiger partial charge in [0.25, 0.3) is 0 Å². The number of carboxylic acids is 2. The lowest BCUT2D eigenvalue weighted by Gasteiger charge is -2.18. The second-order valence-electron chi connectivity index (χ2n) is 7.30. The first-order chi connectivity index (χ1) is 15.4. The zero-order valence-corrected chi connectivity index (χ0v) is 17.7. The second-order valence-corrected chi connectivity index (χ2v) is 7.30. The van der Waals surface area contributed by atoms with Crippen molar-refractivity contribution in [2.24, 2.45) is 0 Å². The van der Waals surface area contributed by atoms with Crippen LogP contribution in [0.5, 0.6) is 0 Å². The van der Waals surface area contributed by atoms with Crippen molar-refractivity contribution in [3.05, 3.63) is 71.1 Å². The third-order valence-electron chi connectivity index (χ3n) is 5.26. The molecule has 162 valence electrons. The van der Waals surface area contributed by atoms with Gasteiger partial charge in [-0.05, 0) is 44.2 Å². The van der Waals surface area contributed by atoms with Crippen LogP contribution in [-0.4, -0.2) is 35.2 Å². The number of rotatable bonds is 6. The first-order valence-electron chi connectivity index (χ1n) is 10.4. The number of nitrogens with one attached hydrogen (secondary N) is 2. The number of carbonyl (C=O) groups is 2. The molecule has 32 heavy (non-hydrogen) atoms. The van der Waals surface area contributed by atoms with Gasteiger partial charge >= 0.3 is 11.9 Å². The van der Waals surface area contributed by atoms with Crippen molar-refractivity contribution in [1.29, 1.82) is 0 Å². The van der Waals surface area contributed by atoms with Crippen molar-refractivity contribution < 1.29 is 29.2 Å². The number of aromatic carboxylic acids is 2. The highest BCUT2D eigenvalue weighted by Crippen LogP contribution is 2.43. The molecule has 0 saturated heterocycles. The second kappa shape index (κ2) is 8.55. The molecular weight excluding hydrogens is 408 g/mol. The average molecular weight is 431 g/mol. The Labute approximate surface area is 184 Å². The van der Waals surface area contributed by atoms with E-state index in [1.54, 1.807) is 0 Å². The minimum Gasteiger partial charge on any atom is -0.478 e. The van der Waals surface area contributed by atoms with Crippen LogP contribution in [0.3, 0.4) is 0 Å². The Hall–Kier alpha value is -4.13. The van der Waals surface area contributed by atoms with Crippen LogP contribution in [0.2, 0.25) is 0 Å². The van der Waals surface area contributed by atoms with Gasteiger partial charge in [-0.3, -0.25) is 0 Å². The fourth-order valence-electron chi connectivity index (χ4n) is 3.97. The molecule has 0 fully saturated rings. The Morgan fingerprint density at radius 2 is 1.66 bits per heavy atom. The molecule has 0 atom stereocenters. The molecule has 4 N–H and O–H groups in total. The van der Waals surface area contributed by atoms with E-state index in [4.69, 9.17) is 4.42 Å². The van der Waals surface area contributed by atoms with Crippen molar-refractivity contribution in [3.63, 3.8) is 0 Å². The maximum absolute atomic E-state index is 12.1. The summed E-state index contributed by atoms with van der Waals surface area (Å²) in [6.07, 6.45) is 0. The third kappa shape index (κ3) is 3.69.